The summed E-state index contributed by atoms with van der Waals surface area (Å²) in [6, 6.07) is 5.06. The van der Waals surface area contributed by atoms with Gasteiger partial charge in [-0.2, -0.15) is 5.10 Å². The summed E-state index contributed by atoms with van der Waals surface area (Å²) in [7, 11) is -3.29. The minimum atomic E-state index is -3.29. The van der Waals surface area contributed by atoms with Crippen molar-refractivity contribution in [3.63, 3.8) is 0 Å². The van der Waals surface area contributed by atoms with E-state index >= 15 is 0 Å². The number of halogens is 2. The van der Waals surface area contributed by atoms with Crippen molar-refractivity contribution in [1.82, 2.24) is 34.2 Å². The first-order valence-electron chi connectivity index (χ1n) is 10.7. The quantitative estimate of drug-likeness (QED) is 0.542. The molecule has 2 aliphatic rings. The highest BCUT2D eigenvalue weighted by atomic mass is 32.2. The fourth-order valence-corrected chi connectivity index (χ4v) is 4.73. The zero-order chi connectivity index (χ0) is 23.2. The van der Waals surface area contributed by atoms with Gasteiger partial charge in [0.15, 0.2) is 5.65 Å². The van der Waals surface area contributed by atoms with Crippen LogP contribution in [-0.4, -0.2) is 82.4 Å². The molecule has 13 heteroatoms. The van der Waals surface area contributed by atoms with Crippen LogP contribution in [0, 0.1) is 0 Å². The summed E-state index contributed by atoms with van der Waals surface area (Å²) in [5, 5.41) is 4.01. The number of piperazine rings is 1. The highest BCUT2D eigenvalue weighted by Crippen LogP contribution is 2.31. The van der Waals surface area contributed by atoms with Crippen molar-refractivity contribution < 1.29 is 17.2 Å². The Balaban J connectivity index is 1.41. The Morgan fingerprint density at radius 3 is 2.73 bits per heavy atom. The van der Waals surface area contributed by atoms with Crippen molar-refractivity contribution in [1.29, 1.82) is 0 Å². The van der Waals surface area contributed by atoms with Crippen LogP contribution >= 0.6 is 0 Å². The minimum absolute atomic E-state index is 0.0189. The summed E-state index contributed by atoms with van der Waals surface area (Å²) >= 11 is 0. The molecule has 0 amide bonds. The molecule has 0 aromatic carbocycles. The summed E-state index contributed by atoms with van der Waals surface area (Å²) in [6.07, 6.45) is 3.72. The van der Waals surface area contributed by atoms with Gasteiger partial charge < -0.3 is 4.90 Å². The van der Waals surface area contributed by atoms with Crippen molar-refractivity contribution in [2.45, 2.75) is 31.4 Å². The molecule has 0 spiro atoms. The molecule has 1 saturated carbocycles. The van der Waals surface area contributed by atoms with E-state index in [4.69, 9.17) is 0 Å². The van der Waals surface area contributed by atoms with Crippen LogP contribution in [0.25, 0.3) is 17.0 Å². The van der Waals surface area contributed by atoms with Crippen molar-refractivity contribution >= 4 is 21.5 Å². The molecule has 5 rings (SSSR count). The van der Waals surface area contributed by atoms with E-state index in [-0.39, 0.29) is 11.7 Å². The molecule has 1 saturated heterocycles. The molecule has 1 atom stereocenters. The number of sulfonamides is 1. The van der Waals surface area contributed by atoms with E-state index < -0.39 is 16.4 Å². The van der Waals surface area contributed by atoms with Gasteiger partial charge in [0.2, 0.25) is 10.0 Å². The average molecular weight is 479 g/mol. The highest BCUT2D eigenvalue weighted by Gasteiger charge is 2.37. The lowest BCUT2D eigenvalue weighted by Crippen LogP contribution is -2.57. The van der Waals surface area contributed by atoms with E-state index in [1.165, 1.54) is 23.0 Å². The number of hydrogen-bond donors (Lipinski definition) is 1. The first-order valence-corrected chi connectivity index (χ1v) is 12.6. The second-order valence-corrected chi connectivity index (χ2v) is 10.3. The molecular weight excluding hydrogens is 454 g/mol. The normalized spacial score (nSPS) is 20.1. The van der Waals surface area contributed by atoms with Crippen molar-refractivity contribution in [2.75, 3.05) is 37.3 Å². The molecule has 4 heterocycles. The zero-order valence-electron chi connectivity index (χ0n) is 18.0. The van der Waals surface area contributed by atoms with E-state index in [1.54, 1.807) is 12.3 Å². The maximum Gasteiger partial charge on any atom is 0.282 e. The smallest absolute Gasteiger partial charge is 0.282 e. The van der Waals surface area contributed by atoms with Crippen molar-refractivity contribution in [3.05, 3.63) is 36.4 Å². The molecule has 10 nitrogen and oxygen atoms in total. The highest BCUT2D eigenvalue weighted by molar-refractivity contribution is 7.88. The fraction of sp³-hybridized carbons (Fsp3) is 0.500. The van der Waals surface area contributed by atoms with Crippen LogP contribution in [0.5, 0.6) is 0 Å². The van der Waals surface area contributed by atoms with Crippen LogP contribution in [0.15, 0.2) is 30.7 Å². The van der Waals surface area contributed by atoms with Gasteiger partial charge >= 0.3 is 0 Å². The molecule has 176 valence electrons. The van der Waals surface area contributed by atoms with Crippen LogP contribution in [0.1, 0.15) is 25.0 Å². The Morgan fingerprint density at radius 1 is 1.18 bits per heavy atom. The third-order valence-corrected chi connectivity index (χ3v) is 6.66. The zero-order valence-corrected chi connectivity index (χ0v) is 18.8. The van der Waals surface area contributed by atoms with Crippen molar-refractivity contribution in [2.24, 2.45) is 0 Å². The number of anilines is 1. The van der Waals surface area contributed by atoms with Crippen LogP contribution in [0.3, 0.4) is 0 Å². The topological polar surface area (TPSA) is 109 Å². The first kappa shape index (κ1) is 22.0. The lowest BCUT2D eigenvalue weighted by Gasteiger charge is -2.42. The summed E-state index contributed by atoms with van der Waals surface area (Å²) in [5.41, 5.74) is 1.11. The number of hydrogen-bond acceptors (Lipinski definition) is 8. The second kappa shape index (κ2) is 8.54. The monoisotopic (exact) mass is 478 g/mol. The lowest BCUT2D eigenvalue weighted by molar-refractivity contribution is 0.144. The summed E-state index contributed by atoms with van der Waals surface area (Å²) in [5.74, 6) is 0.680. The number of fused-ring (bicyclic) bond motifs is 1. The molecule has 0 radical (unpaired) electrons. The SMILES string of the molecule is CS(=O)(=O)NC[C@H]1CN(c2cc(-c3cnc4ccc(C(F)F)nn34)ncn2)CCN1C1CC1. The Morgan fingerprint density at radius 2 is 2.00 bits per heavy atom. The van der Waals surface area contributed by atoms with E-state index in [1.807, 2.05) is 0 Å². The summed E-state index contributed by atoms with van der Waals surface area (Å²) < 4.78 is 53.5. The van der Waals surface area contributed by atoms with Crippen LogP contribution in [0.2, 0.25) is 0 Å². The molecule has 0 unspecified atom stereocenters. The van der Waals surface area contributed by atoms with Gasteiger partial charge in [0.1, 0.15) is 23.5 Å². The first-order chi connectivity index (χ1) is 15.8. The van der Waals surface area contributed by atoms with Crippen LogP contribution < -0.4 is 9.62 Å². The van der Waals surface area contributed by atoms with Gasteiger partial charge in [-0.05, 0) is 25.0 Å². The average Bonchev–Trinajstić information content (AvgIpc) is 3.55. The molecule has 0 bridgehead atoms. The molecule has 3 aromatic heterocycles. The van der Waals surface area contributed by atoms with Gasteiger partial charge in [0.25, 0.3) is 6.43 Å². The standard InChI is InChI=1S/C20H24F2N8O2S/c1-33(31,32)26-9-14-11-28(6-7-29(14)13-2-3-13)19-8-16(24-12-25-19)17-10-23-18-5-4-15(20(21)22)27-30(17)18/h4-5,8,10,12-14,20,26H,2-3,6-7,9,11H2,1H3/t14-/m0/s1. The Labute approximate surface area is 189 Å². The van der Waals surface area contributed by atoms with Crippen LogP contribution in [0.4, 0.5) is 14.6 Å². The summed E-state index contributed by atoms with van der Waals surface area (Å²) in [6.45, 7) is 2.48. The third-order valence-electron chi connectivity index (χ3n) is 5.97. The van der Waals surface area contributed by atoms with E-state index in [9.17, 15) is 17.2 Å². The van der Waals surface area contributed by atoms with Gasteiger partial charge in [-0.25, -0.2) is 41.4 Å². The minimum Gasteiger partial charge on any atom is -0.354 e. The molecule has 2 fully saturated rings. The molecule has 1 aliphatic heterocycles. The van der Waals surface area contributed by atoms with E-state index in [0.29, 0.717) is 42.0 Å². The lowest BCUT2D eigenvalue weighted by atomic mass is 10.1. The van der Waals surface area contributed by atoms with Gasteiger partial charge in [0, 0.05) is 44.3 Å². The predicted molar refractivity (Wildman–Crippen MR) is 118 cm³/mol. The van der Waals surface area contributed by atoms with Crippen molar-refractivity contribution in [3.8, 4) is 11.4 Å². The fourth-order valence-electron chi connectivity index (χ4n) is 4.23. The maximum absolute atomic E-state index is 13.1. The number of nitrogens with one attached hydrogen (secondary N) is 1. The Hall–Kier alpha value is -2.77. The third kappa shape index (κ3) is 4.80. The number of rotatable bonds is 7. The molecule has 1 N–H and O–H groups in total. The molecule has 3 aromatic rings. The molecular formula is C20H24F2N8O2S. The van der Waals surface area contributed by atoms with Gasteiger partial charge in [0.05, 0.1) is 18.1 Å². The largest absolute Gasteiger partial charge is 0.354 e. The Bertz CT molecular complexity index is 1260. The van der Waals surface area contributed by atoms with E-state index in [0.717, 1.165) is 32.2 Å². The van der Waals surface area contributed by atoms with E-state index in [2.05, 4.69) is 34.6 Å². The number of nitrogens with zero attached hydrogens (tertiary/aromatic N) is 7. The molecule has 33 heavy (non-hydrogen) atoms. The van der Waals surface area contributed by atoms with Gasteiger partial charge in [-0.3, -0.25) is 4.90 Å². The maximum atomic E-state index is 13.1. The second-order valence-electron chi connectivity index (χ2n) is 8.42. The molecule has 1 aliphatic carbocycles. The van der Waals surface area contributed by atoms with Gasteiger partial charge in [-0.15, -0.1) is 0 Å². The number of imidazole rings is 1. The number of alkyl halides is 2. The van der Waals surface area contributed by atoms with Crippen LogP contribution in [-0.2, 0) is 10.0 Å². The summed E-state index contributed by atoms with van der Waals surface area (Å²) in [4.78, 5) is 17.4. The Kier molecular flexibility index (Phi) is 5.70. The predicted octanol–water partition coefficient (Wildman–Crippen LogP) is 1.33. The number of aromatic nitrogens is 5. The van der Waals surface area contributed by atoms with Gasteiger partial charge in [-0.1, -0.05) is 0 Å².